The fraction of sp³-hybridized carbons (Fsp3) is 0. The Kier molecular flexibility index (Phi) is 6.59. The molecule has 0 saturated carbocycles. The van der Waals surface area contributed by atoms with E-state index in [1.54, 1.807) is 18.2 Å². The summed E-state index contributed by atoms with van der Waals surface area (Å²) in [4.78, 5) is 9.86. The lowest BCUT2D eigenvalue weighted by Gasteiger charge is -2.04. The third-order valence-electron chi connectivity index (χ3n) is 2.62. The van der Waals surface area contributed by atoms with Gasteiger partial charge in [-0.1, -0.05) is 60.7 Å². The zero-order chi connectivity index (χ0) is 16.2. The van der Waals surface area contributed by atoms with E-state index in [2.05, 4.69) is 15.9 Å². The molecule has 114 valence electrons. The van der Waals surface area contributed by atoms with E-state index < -0.39 is 0 Å². The molecule has 0 spiro atoms. The quantitative estimate of drug-likeness (QED) is 0.735. The standard InChI is InChI=1S/C17H14N4O2/c18-13-15-9-5-3-1-2-4-6-10-16-11-7-8-12-17(16)22-23-21-20-19-14-15/h1-12,14H,(H,19,21)/b3-1+,4-2-,9-5-,10-6-,15-14+. The minimum absolute atomic E-state index is 0.347. The first kappa shape index (κ1) is 15.9. The summed E-state index contributed by atoms with van der Waals surface area (Å²) in [5.41, 5.74) is 3.36. The Balaban J connectivity index is 2.19. The van der Waals surface area contributed by atoms with Crippen LogP contribution in [0.15, 0.2) is 88.9 Å². The second kappa shape index (κ2) is 9.50. The fourth-order valence-corrected chi connectivity index (χ4v) is 1.57. The van der Waals surface area contributed by atoms with Crippen molar-refractivity contribution in [1.29, 1.82) is 5.26 Å². The summed E-state index contributed by atoms with van der Waals surface area (Å²) in [5, 5.41) is 16.1. The summed E-state index contributed by atoms with van der Waals surface area (Å²) in [7, 11) is 0. The summed E-state index contributed by atoms with van der Waals surface area (Å²) >= 11 is 0. The predicted molar refractivity (Wildman–Crippen MR) is 86.3 cm³/mol. The highest BCUT2D eigenvalue weighted by molar-refractivity contribution is 5.58. The maximum atomic E-state index is 8.93. The van der Waals surface area contributed by atoms with Crippen molar-refractivity contribution in [2.24, 2.45) is 10.3 Å². The number of nitrogens with zero attached hydrogens (tertiary/aromatic N) is 3. The molecule has 0 amide bonds. The van der Waals surface area contributed by atoms with Crippen LogP contribution >= 0.6 is 0 Å². The van der Waals surface area contributed by atoms with E-state index in [0.29, 0.717) is 11.3 Å². The van der Waals surface area contributed by atoms with E-state index in [9.17, 15) is 0 Å². The van der Waals surface area contributed by atoms with Gasteiger partial charge < -0.3 is 4.89 Å². The van der Waals surface area contributed by atoms with Gasteiger partial charge in [0.15, 0.2) is 5.75 Å². The van der Waals surface area contributed by atoms with E-state index in [4.69, 9.17) is 15.1 Å². The van der Waals surface area contributed by atoms with Gasteiger partial charge in [-0.25, -0.2) is 0 Å². The molecule has 6 nitrogen and oxygen atoms in total. The van der Waals surface area contributed by atoms with Crippen molar-refractivity contribution < 1.29 is 9.88 Å². The van der Waals surface area contributed by atoms with E-state index in [-0.39, 0.29) is 0 Å². The first-order chi connectivity index (χ1) is 11.4. The monoisotopic (exact) mass is 306 g/mol. The van der Waals surface area contributed by atoms with Crippen molar-refractivity contribution in [3.05, 3.63) is 84.1 Å². The molecule has 0 fully saturated rings. The molecule has 1 aromatic carbocycles. The third kappa shape index (κ3) is 5.83. The normalized spacial score (nSPS) is 24.0. The van der Waals surface area contributed by atoms with Crippen LogP contribution in [0.2, 0.25) is 0 Å². The summed E-state index contributed by atoms with van der Waals surface area (Å²) in [6.45, 7) is 0. The van der Waals surface area contributed by atoms with Crippen LogP contribution in [0.4, 0.5) is 0 Å². The molecule has 23 heavy (non-hydrogen) atoms. The maximum Gasteiger partial charge on any atom is 0.175 e. The van der Waals surface area contributed by atoms with Crippen LogP contribution in [0, 0.1) is 11.3 Å². The Labute approximate surface area is 133 Å². The molecule has 6 heteroatoms. The highest BCUT2D eigenvalue weighted by Gasteiger charge is 2.00. The summed E-state index contributed by atoms with van der Waals surface area (Å²) in [6.07, 6.45) is 15.8. The molecular formula is C17H14N4O2. The van der Waals surface area contributed by atoms with Crippen molar-refractivity contribution in [2.75, 3.05) is 0 Å². The van der Waals surface area contributed by atoms with Crippen molar-refractivity contribution in [1.82, 2.24) is 5.59 Å². The van der Waals surface area contributed by atoms with E-state index in [1.165, 1.54) is 6.20 Å². The van der Waals surface area contributed by atoms with Crippen LogP contribution < -0.4 is 10.5 Å². The van der Waals surface area contributed by atoms with Gasteiger partial charge in [0.25, 0.3) is 0 Å². The lowest BCUT2D eigenvalue weighted by molar-refractivity contribution is -0.259. The number of benzene rings is 1. The molecule has 0 aliphatic carbocycles. The van der Waals surface area contributed by atoms with E-state index in [0.717, 1.165) is 5.56 Å². The lowest BCUT2D eigenvalue weighted by atomic mass is 10.2. The van der Waals surface area contributed by atoms with Gasteiger partial charge in [-0.3, -0.25) is 0 Å². The van der Waals surface area contributed by atoms with E-state index >= 15 is 0 Å². The number of nitrogens with one attached hydrogen (secondary N) is 1. The molecule has 1 aromatic rings. The Morgan fingerprint density at radius 2 is 1.70 bits per heavy atom. The molecule has 2 rings (SSSR count). The molecule has 1 aliphatic heterocycles. The second-order valence-electron chi connectivity index (χ2n) is 4.20. The minimum Gasteiger partial charge on any atom is -0.312 e. The average Bonchev–Trinajstić information content (AvgIpc) is 2.59. The Bertz CT molecular complexity index is 737. The third-order valence-corrected chi connectivity index (χ3v) is 2.62. The van der Waals surface area contributed by atoms with Crippen LogP contribution in [0.3, 0.4) is 0 Å². The minimum atomic E-state index is 0.347. The Hall–Kier alpha value is -3.43. The second-order valence-corrected chi connectivity index (χ2v) is 4.20. The van der Waals surface area contributed by atoms with Crippen molar-refractivity contribution in [3.63, 3.8) is 0 Å². The zero-order valence-corrected chi connectivity index (χ0v) is 12.2. The maximum absolute atomic E-state index is 8.93. The molecule has 0 radical (unpaired) electrons. The number of nitriles is 1. The van der Waals surface area contributed by atoms with Crippen molar-refractivity contribution in [3.8, 4) is 11.8 Å². The van der Waals surface area contributed by atoms with Gasteiger partial charge in [-0.2, -0.15) is 5.26 Å². The van der Waals surface area contributed by atoms with Gasteiger partial charge in [0, 0.05) is 5.56 Å². The number of hydrogen-bond donors (Lipinski definition) is 1. The molecule has 1 aliphatic rings. The van der Waals surface area contributed by atoms with Gasteiger partial charge in [0.05, 0.1) is 11.8 Å². The smallest absolute Gasteiger partial charge is 0.175 e. The highest BCUT2D eigenvalue weighted by atomic mass is 17.3. The first-order valence-electron chi connectivity index (χ1n) is 6.76. The molecule has 0 saturated heterocycles. The van der Waals surface area contributed by atoms with Crippen LogP contribution in [0.5, 0.6) is 5.75 Å². The molecule has 0 bridgehead atoms. The molecule has 0 atom stereocenters. The zero-order valence-electron chi connectivity index (χ0n) is 12.2. The SMILES string of the molecule is N#CC1=C/N=N\NOOc2ccccc2/C=C\C=C/C=C/C=C\1. The fourth-order valence-electron chi connectivity index (χ4n) is 1.57. The van der Waals surface area contributed by atoms with Crippen LogP contribution in [-0.2, 0) is 4.99 Å². The van der Waals surface area contributed by atoms with Gasteiger partial charge in [-0.05, 0) is 22.4 Å². The predicted octanol–water partition coefficient (Wildman–Crippen LogP) is 3.97. The Morgan fingerprint density at radius 3 is 2.52 bits per heavy atom. The van der Waals surface area contributed by atoms with Gasteiger partial charge in [0.1, 0.15) is 6.07 Å². The van der Waals surface area contributed by atoms with Crippen LogP contribution in [0.25, 0.3) is 6.08 Å². The molecular weight excluding hydrogens is 292 g/mol. The number of hydrogen-bond acceptors (Lipinski definition) is 6. The largest absolute Gasteiger partial charge is 0.312 e. The number of rotatable bonds is 0. The average molecular weight is 306 g/mol. The van der Waals surface area contributed by atoms with E-state index in [1.807, 2.05) is 60.7 Å². The van der Waals surface area contributed by atoms with Crippen LogP contribution in [0.1, 0.15) is 5.56 Å². The van der Waals surface area contributed by atoms with Crippen LogP contribution in [-0.4, -0.2) is 0 Å². The topological polar surface area (TPSA) is 79.0 Å². The highest BCUT2D eigenvalue weighted by Crippen LogP contribution is 2.19. The number of para-hydroxylation sites is 1. The lowest BCUT2D eigenvalue weighted by Crippen LogP contribution is -2.09. The summed E-state index contributed by atoms with van der Waals surface area (Å²) in [6, 6.07) is 9.35. The first-order valence-corrected chi connectivity index (χ1v) is 6.76. The van der Waals surface area contributed by atoms with Crippen molar-refractivity contribution >= 4 is 6.08 Å². The molecule has 0 aromatic heterocycles. The van der Waals surface area contributed by atoms with Gasteiger partial charge >= 0.3 is 0 Å². The van der Waals surface area contributed by atoms with Crippen molar-refractivity contribution in [2.45, 2.75) is 0 Å². The molecule has 1 N–H and O–H groups in total. The molecule has 1 heterocycles. The number of allylic oxidation sites excluding steroid dienone is 8. The summed E-state index contributed by atoms with van der Waals surface area (Å²) < 4.78 is 0. The number of fused-ring (bicyclic) bond motifs is 1. The Morgan fingerprint density at radius 1 is 0.957 bits per heavy atom. The summed E-state index contributed by atoms with van der Waals surface area (Å²) in [5.74, 6) is 0.523. The molecule has 0 unspecified atom stereocenters. The van der Waals surface area contributed by atoms with Gasteiger partial charge in [0.2, 0.25) is 0 Å². The van der Waals surface area contributed by atoms with Gasteiger partial charge in [-0.15, -0.1) is 10.7 Å².